The molecule has 0 fully saturated rings. The Bertz CT molecular complexity index is 232. The molecule has 0 aliphatic carbocycles. The predicted octanol–water partition coefficient (Wildman–Crippen LogP) is 1.08. The van der Waals surface area contributed by atoms with E-state index in [-0.39, 0.29) is 11.9 Å². The number of aldehydes is 1. The summed E-state index contributed by atoms with van der Waals surface area (Å²) in [5, 5.41) is 0. The van der Waals surface area contributed by atoms with Gasteiger partial charge in [0.1, 0.15) is 11.9 Å². The first-order valence-electron chi connectivity index (χ1n) is 3.93. The number of hydrogen-bond acceptors (Lipinski definition) is 3. The quantitative estimate of drug-likeness (QED) is 0.468. The second kappa shape index (κ2) is 3.09. The van der Waals surface area contributed by atoms with Gasteiger partial charge in [0.2, 0.25) is 0 Å². The fourth-order valence-electron chi connectivity index (χ4n) is 1.34. The first-order valence-corrected chi connectivity index (χ1v) is 3.93. The van der Waals surface area contributed by atoms with Crippen LogP contribution in [0, 0.1) is 5.92 Å². The predicted molar refractivity (Wildman–Crippen MR) is 43.5 cm³/mol. The van der Waals surface area contributed by atoms with Crippen LogP contribution in [0.2, 0.25) is 0 Å². The lowest BCUT2D eigenvalue weighted by Gasteiger charge is -2.22. The fourth-order valence-corrected chi connectivity index (χ4v) is 1.34. The van der Waals surface area contributed by atoms with Crippen LogP contribution in [0.5, 0.6) is 0 Å². The monoisotopic (exact) mass is 168 g/mol. The minimum atomic E-state index is -0.572. The average molecular weight is 168 g/mol. The van der Waals surface area contributed by atoms with Gasteiger partial charge in [-0.2, -0.15) is 0 Å². The first-order chi connectivity index (χ1) is 5.56. The van der Waals surface area contributed by atoms with Gasteiger partial charge in [0.25, 0.3) is 0 Å². The lowest BCUT2D eigenvalue weighted by molar-refractivity contribution is -0.145. The molecular formula is C9H12O3. The molecule has 0 spiro atoms. The second-order valence-corrected chi connectivity index (χ2v) is 3.38. The van der Waals surface area contributed by atoms with Crippen LogP contribution in [-0.2, 0) is 14.3 Å². The van der Waals surface area contributed by atoms with E-state index in [1.807, 2.05) is 0 Å². The van der Waals surface area contributed by atoms with Gasteiger partial charge in [-0.1, -0.05) is 6.92 Å². The van der Waals surface area contributed by atoms with Crippen molar-refractivity contribution >= 4 is 12.3 Å². The molecule has 12 heavy (non-hydrogen) atoms. The third-order valence-corrected chi connectivity index (χ3v) is 1.87. The molecule has 0 saturated heterocycles. The number of esters is 1. The molecule has 3 nitrogen and oxygen atoms in total. The number of ether oxygens (including phenoxy) is 1. The highest BCUT2D eigenvalue weighted by atomic mass is 16.6. The number of carbonyl (C=O) groups excluding carboxylic acids is 2. The normalized spacial score (nSPS) is 30.0. The Morgan fingerprint density at radius 3 is 2.83 bits per heavy atom. The van der Waals surface area contributed by atoms with E-state index in [1.54, 1.807) is 19.9 Å². The zero-order chi connectivity index (χ0) is 9.19. The van der Waals surface area contributed by atoms with E-state index < -0.39 is 5.60 Å². The van der Waals surface area contributed by atoms with E-state index in [1.165, 1.54) is 6.08 Å². The van der Waals surface area contributed by atoms with Crippen LogP contribution in [0.15, 0.2) is 12.2 Å². The van der Waals surface area contributed by atoms with Crippen LogP contribution in [0.25, 0.3) is 0 Å². The van der Waals surface area contributed by atoms with Crippen molar-refractivity contribution in [2.75, 3.05) is 0 Å². The lowest BCUT2D eigenvalue weighted by Crippen LogP contribution is -2.26. The van der Waals surface area contributed by atoms with E-state index >= 15 is 0 Å². The van der Waals surface area contributed by atoms with Crippen molar-refractivity contribution in [1.82, 2.24) is 0 Å². The van der Waals surface area contributed by atoms with Crippen molar-refractivity contribution in [1.29, 1.82) is 0 Å². The third-order valence-electron chi connectivity index (χ3n) is 1.87. The van der Waals surface area contributed by atoms with Gasteiger partial charge >= 0.3 is 5.97 Å². The van der Waals surface area contributed by atoms with Gasteiger partial charge in [0.15, 0.2) is 0 Å². The Balaban J connectivity index is 2.57. The third kappa shape index (κ3) is 1.94. The molecule has 1 aliphatic heterocycles. The lowest BCUT2D eigenvalue weighted by atomic mass is 9.94. The molecule has 2 atom stereocenters. The number of rotatable bonds is 3. The Labute approximate surface area is 71.4 Å². The van der Waals surface area contributed by atoms with Crippen molar-refractivity contribution in [3.63, 3.8) is 0 Å². The molecule has 0 saturated carbocycles. The fraction of sp³-hybridized carbons (Fsp3) is 0.556. The van der Waals surface area contributed by atoms with Gasteiger partial charge < -0.3 is 9.53 Å². The first kappa shape index (κ1) is 8.97. The highest BCUT2D eigenvalue weighted by Crippen LogP contribution is 2.26. The van der Waals surface area contributed by atoms with Crippen molar-refractivity contribution in [3.05, 3.63) is 12.2 Å². The zero-order valence-electron chi connectivity index (χ0n) is 7.24. The van der Waals surface area contributed by atoms with Crippen LogP contribution >= 0.6 is 0 Å². The van der Waals surface area contributed by atoms with Crippen LogP contribution in [0.3, 0.4) is 0 Å². The molecule has 0 aromatic rings. The second-order valence-electron chi connectivity index (χ2n) is 3.38. The van der Waals surface area contributed by atoms with E-state index in [0.717, 1.165) is 6.29 Å². The standard InChI is InChI=1S/C9H12O3/c1-7(6-10)5-9(2)4-3-8(11)12-9/h3-4,6-7H,5H2,1-2H3/t7-,9+/m0/s1. The maximum absolute atomic E-state index is 10.7. The van der Waals surface area contributed by atoms with Crippen LogP contribution in [0.4, 0.5) is 0 Å². The maximum Gasteiger partial charge on any atom is 0.331 e. The van der Waals surface area contributed by atoms with Crippen molar-refractivity contribution in [2.45, 2.75) is 25.9 Å². The van der Waals surface area contributed by atoms with Crippen LogP contribution in [-0.4, -0.2) is 17.9 Å². The van der Waals surface area contributed by atoms with E-state index in [4.69, 9.17) is 4.74 Å². The van der Waals surface area contributed by atoms with E-state index in [9.17, 15) is 9.59 Å². The highest BCUT2D eigenvalue weighted by Gasteiger charge is 2.31. The summed E-state index contributed by atoms with van der Waals surface area (Å²) >= 11 is 0. The van der Waals surface area contributed by atoms with Gasteiger partial charge in [0.05, 0.1) is 0 Å². The largest absolute Gasteiger partial charge is 0.452 e. The molecule has 0 amide bonds. The molecule has 0 aromatic carbocycles. The molecule has 3 heteroatoms. The van der Waals surface area contributed by atoms with Gasteiger partial charge in [0, 0.05) is 12.0 Å². The summed E-state index contributed by atoms with van der Waals surface area (Å²) in [6, 6.07) is 0. The molecule has 1 rings (SSSR count). The molecule has 0 radical (unpaired) electrons. The summed E-state index contributed by atoms with van der Waals surface area (Å²) in [6.07, 6.45) is 4.52. The minimum Gasteiger partial charge on any atom is -0.452 e. The van der Waals surface area contributed by atoms with Gasteiger partial charge in [-0.25, -0.2) is 4.79 Å². The number of hydrogen-bond donors (Lipinski definition) is 0. The number of cyclic esters (lactones) is 1. The van der Waals surface area contributed by atoms with Crippen molar-refractivity contribution in [3.8, 4) is 0 Å². The zero-order valence-corrected chi connectivity index (χ0v) is 7.24. The Morgan fingerprint density at radius 2 is 2.42 bits per heavy atom. The van der Waals surface area contributed by atoms with E-state index in [2.05, 4.69) is 0 Å². The van der Waals surface area contributed by atoms with Crippen LogP contribution in [0.1, 0.15) is 20.3 Å². The Hall–Kier alpha value is -1.12. The van der Waals surface area contributed by atoms with E-state index in [0.29, 0.717) is 6.42 Å². The molecule has 0 bridgehead atoms. The summed E-state index contributed by atoms with van der Waals surface area (Å²) < 4.78 is 5.01. The molecule has 1 aliphatic rings. The van der Waals surface area contributed by atoms with Gasteiger partial charge in [-0.15, -0.1) is 0 Å². The molecule has 0 N–H and O–H groups in total. The summed E-state index contributed by atoms with van der Waals surface area (Å²) in [5.74, 6) is -0.402. The average Bonchev–Trinajstić information content (AvgIpc) is 2.30. The SMILES string of the molecule is C[C@H](C=O)C[C@@]1(C)C=CC(=O)O1. The molecule has 0 aromatic heterocycles. The summed E-state index contributed by atoms with van der Waals surface area (Å²) in [6.45, 7) is 3.60. The molecule has 1 heterocycles. The smallest absolute Gasteiger partial charge is 0.331 e. The summed E-state index contributed by atoms with van der Waals surface area (Å²) in [7, 11) is 0. The summed E-state index contributed by atoms with van der Waals surface area (Å²) in [5.41, 5.74) is -0.572. The van der Waals surface area contributed by atoms with Crippen LogP contribution < -0.4 is 0 Å². The van der Waals surface area contributed by atoms with Crippen molar-refractivity contribution < 1.29 is 14.3 Å². The Morgan fingerprint density at radius 1 is 1.75 bits per heavy atom. The maximum atomic E-state index is 10.7. The summed E-state index contributed by atoms with van der Waals surface area (Å²) in [4.78, 5) is 21.1. The minimum absolute atomic E-state index is 0.0782. The highest BCUT2D eigenvalue weighted by molar-refractivity contribution is 5.85. The van der Waals surface area contributed by atoms with Crippen molar-refractivity contribution in [2.24, 2.45) is 5.92 Å². The molecular weight excluding hydrogens is 156 g/mol. The molecule has 0 unspecified atom stereocenters. The number of carbonyl (C=O) groups is 2. The topological polar surface area (TPSA) is 43.4 Å². The van der Waals surface area contributed by atoms with Gasteiger partial charge in [-0.3, -0.25) is 0 Å². The Kier molecular flexibility index (Phi) is 2.31. The van der Waals surface area contributed by atoms with Gasteiger partial charge in [-0.05, 0) is 19.4 Å². The molecule has 66 valence electrons.